The minimum absolute atomic E-state index is 0.0301. The van der Waals surface area contributed by atoms with Crippen molar-refractivity contribution in [2.24, 2.45) is 5.92 Å². The molecule has 0 amide bonds. The minimum atomic E-state index is 0.0301. The fourth-order valence-corrected chi connectivity index (χ4v) is 2.31. The zero-order valence-electron chi connectivity index (χ0n) is 10.3. The van der Waals surface area contributed by atoms with Crippen molar-refractivity contribution in [3.05, 3.63) is 54.6 Å². The first-order valence-electron chi connectivity index (χ1n) is 6.47. The molecule has 1 unspecified atom stereocenters. The van der Waals surface area contributed by atoms with Gasteiger partial charge in [-0.05, 0) is 25.0 Å². The maximum atomic E-state index is 5.99. The van der Waals surface area contributed by atoms with Crippen LogP contribution in [0.4, 0.5) is 5.69 Å². The summed E-state index contributed by atoms with van der Waals surface area (Å²) in [4.78, 5) is 2.06. The molecule has 1 aromatic carbocycles. The van der Waals surface area contributed by atoms with Crippen LogP contribution in [0.15, 0.2) is 47.1 Å². The van der Waals surface area contributed by atoms with Crippen LogP contribution in [-0.4, -0.2) is 11.4 Å². The van der Waals surface area contributed by atoms with Crippen LogP contribution in [0.3, 0.4) is 0 Å². The van der Waals surface area contributed by atoms with Crippen LogP contribution in [0, 0.1) is 12.1 Å². The van der Waals surface area contributed by atoms with E-state index in [1.54, 1.807) is 12.3 Å². The maximum absolute atomic E-state index is 5.99. The van der Waals surface area contributed by atoms with E-state index in [2.05, 4.69) is 28.4 Å². The predicted molar refractivity (Wildman–Crippen MR) is 69.7 cm³/mol. The van der Waals surface area contributed by atoms with Gasteiger partial charge in [-0.15, -0.1) is 0 Å². The molecule has 1 fully saturated rings. The van der Waals surface area contributed by atoms with Gasteiger partial charge in [0.2, 0.25) is 5.76 Å². The van der Waals surface area contributed by atoms with E-state index < -0.39 is 0 Å². The van der Waals surface area contributed by atoms with Gasteiger partial charge in [-0.25, -0.2) is 0 Å². The van der Waals surface area contributed by atoms with Gasteiger partial charge in [0.05, 0.1) is 6.20 Å². The van der Waals surface area contributed by atoms with Crippen LogP contribution in [-0.2, 0) is 4.74 Å². The molecule has 2 aliphatic rings. The summed E-state index contributed by atoms with van der Waals surface area (Å²) in [6.07, 6.45) is 7.34. The van der Waals surface area contributed by atoms with Crippen LogP contribution >= 0.6 is 0 Å². The summed E-state index contributed by atoms with van der Waals surface area (Å²) in [6, 6.07) is 12.0. The first kappa shape index (κ1) is 10.7. The number of aromatic nitrogens is 1. The molecule has 95 valence electrons. The number of hydrogen-bond acceptors (Lipinski definition) is 4. The lowest BCUT2D eigenvalue weighted by molar-refractivity contribution is 0.163. The molecule has 1 saturated carbocycles. The molecule has 2 aromatic rings. The van der Waals surface area contributed by atoms with E-state index in [1.165, 1.54) is 12.8 Å². The van der Waals surface area contributed by atoms with Gasteiger partial charge < -0.3 is 9.26 Å². The number of anilines is 1. The van der Waals surface area contributed by atoms with E-state index in [4.69, 9.17) is 9.26 Å². The molecule has 1 aromatic heterocycles. The first-order valence-corrected chi connectivity index (χ1v) is 6.47. The summed E-state index contributed by atoms with van der Waals surface area (Å²) in [7, 11) is 0. The summed E-state index contributed by atoms with van der Waals surface area (Å²) in [6.45, 7) is 0. The number of nitrogens with zero attached hydrogens (tertiary/aromatic N) is 2. The standard InChI is InChI=1S/C15H13N2O2/c1-2-4-12(5-3-1)17-10-14(13-8-9-16-19-13)18-15(17)11-6-7-11/h1-5,8-9,11,15H,6-7H2. The smallest absolute Gasteiger partial charge is 0.203 e. The fraction of sp³-hybridized carbons (Fsp3) is 0.267. The van der Waals surface area contributed by atoms with Gasteiger partial charge in [0.25, 0.3) is 0 Å². The van der Waals surface area contributed by atoms with E-state index in [1.807, 2.05) is 18.2 Å². The third-order valence-corrected chi connectivity index (χ3v) is 3.44. The van der Waals surface area contributed by atoms with Crippen molar-refractivity contribution in [1.29, 1.82) is 0 Å². The van der Waals surface area contributed by atoms with Crippen LogP contribution in [0.25, 0.3) is 5.76 Å². The zero-order valence-corrected chi connectivity index (χ0v) is 10.3. The van der Waals surface area contributed by atoms with Gasteiger partial charge >= 0.3 is 0 Å². The van der Waals surface area contributed by atoms with Crippen LogP contribution in [0.5, 0.6) is 0 Å². The molecule has 19 heavy (non-hydrogen) atoms. The monoisotopic (exact) mass is 253 g/mol. The highest BCUT2D eigenvalue weighted by Gasteiger charge is 2.41. The highest BCUT2D eigenvalue weighted by atomic mass is 16.5. The second-order valence-electron chi connectivity index (χ2n) is 4.87. The fourth-order valence-electron chi connectivity index (χ4n) is 2.31. The molecule has 1 atom stereocenters. The van der Waals surface area contributed by atoms with Gasteiger partial charge in [-0.2, -0.15) is 0 Å². The van der Waals surface area contributed by atoms with Crippen molar-refractivity contribution < 1.29 is 9.26 Å². The van der Waals surface area contributed by atoms with Gasteiger partial charge in [-0.1, -0.05) is 23.4 Å². The molecule has 1 aliphatic heterocycles. The lowest BCUT2D eigenvalue weighted by atomic mass is 10.2. The second-order valence-corrected chi connectivity index (χ2v) is 4.87. The molecule has 4 rings (SSSR count). The molecule has 1 radical (unpaired) electrons. The molecule has 0 spiro atoms. The third kappa shape index (κ3) is 1.89. The maximum Gasteiger partial charge on any atom is 0.203 e. The van der Waals surface area contributed by atoms with Crippen molar-refractivity contribution in [2.75, 3.05) is 4.90 Å². The van der Waals surface area contributed by atoms with E-state index >= 15 is 0 Å². The van der Waals surface area contributed by atoms with Crippen LogP contribution < -0.4 is 4.90 Å². The van der Waals surface area contributed by atoms with Crippen molar-refractivity contribution in [3.63, 3.8) is 0 Å². The Hall–Kier alpha value is -2.23. The molecule has 4 nitrogen and oxygen atoms in total. The Morgan fingerprint density at radius 3 is 2.68 bits per heavy atom. The lowest BCUT2D eigenvalue weighted by Gasteiger charge is -2.23. The Labute approximate surface area is 111 Å². The largest absolute Gasteiger partial charge is 0.464 e. The molecular formula is C15H13N2O2. The topological polar surface area (TPSA) is 38.5 Å². The van der Waals surface area contributed by atoms with E-state index in [0.717, 1.165) is 5.69 Å². The zero-order chi connectivity index (χ0) is 12.7. The predicted octanol–water partition coefficient (Wildman–Crippen LogP) is 3.05. The minimum Gasteiger partial charge on any atom is -0.464 e. The van der Waals surface area contributed by atoms with Gasteiger partial charge in [-0.3, -0.25) is 4.90 Å². The van der Waals surface area contributed by atoms with Crippen molar-refractivity contribution >= 4 is 11.4 Å². The molecule has 2 heterocycles. The summed E-state index contributed by atoms with van der Waals surface area (Å²) in [5.74, 6) is 1.84. The molecule has 4 heteroatoms. The summed E-state index contributed by atoms with van der Waals surface area (Å²) in [5, 5.41) is 3.72. The average Bonchev–Trinajstić information content (AvgIpc) is 3.00. The van der Waals surface area contributed by atoms with E-state index in [0.29, 0.717) is 17.4 Å². The molecule has 0 N–H and O–H groups in total. The summed E-state index contributed by atoms with van der Waals surface area (Å²) < 4.78 is 11.1. The SMILES string of the molecule is [C]1=C(c2ccno2)OC(C2CC2)N1c1ccccc1. The Balaban J connectivity index is 1.69. The summed E-state index contributed by atoms with van der Waals surface area (Å²) >= 11 is 0. The van der Waals surface area contributed by atoms with Crippen LogP contribution in [0.1, 0.15) is 18.6 Å². The first-order chi connectivity index (χ1) is 9.42. The molecule has 1 aliphatic carbocycles. The van der Waals surface area contributed by atoms with Gasteiger partial charge in [0, 0.05) is 17.7 Å². The van der Waals surface area contributed by atoms with E-state index in [-0.39, 0.29) is 6.23 Å². The van der Waals surface area contributed by atoms with E-state index in [9.17, 15) is 0 Å². The van der Waals surface area contributed by atoms with Crippen molar-refractivity contribution in [3.8, 4) is 0 Å². The number of ether oxygens (including phenoxy) is 1. The Morgan fingerprint density at radius 1 is 1.16 bits per heavy atom. The Kier molecular flexibility index (Phi) is 2.33. The van der Waals surface area contributed by atoms with Crippen molar-refractivity contribution in [2.45, 2.75) is 19.1 Å². The molecule has 0 saturated heterocycles. The normalized spacial score (nSPS) is 22.2. The molecule has 0 bridgehead atoms. The average molecular weight is 253 g/mol. The quantitative estimate of drug-likeness (QED) is 0.842. The van der Waals surface area contributed by atoms with Gasteiger partial charge in [0.1, 0.15) is 6.20 Å². The van der Waals surface area contributed by atoms with Crippen molar-refractivity contribution in [1.82, 2.24) is 5.16 Å². The highest BCUT2D eigenvalue weighted by molar-refractivity contribution is 5.62. The Bertz CT molecular complexity index is 588. The molecular weight excluding hydrogens is 240 g/mol. The number of para-hydroxylation sites is 1. The van der Waals surface area contributed by atoms with Crippen LogP contribution in [0.2, 0.25) is 0 Å². The number of hydrogen-bond donors (Lipinski definition) is 0. The second kappa shape index (κ2) is 4.16. The summed E-state index contributed by atoms with van der Waals surface area (Å²) in [5.41, 5.74) is 1.09. The number of rotatable bonds is 3. The highest BCUT2D eigenvalue weighted by Crippen LogP contribution is 2.42. The van der Waals surface area contributed by atoms with Gasteiger partial charge in [0.15, 0.2) is 12.0 Å². The Morgan fingerprint density at radius 2 is 2.00 bits per heavy atom. The lowest BCUT2D eigenvalue weighted by Crippen LogP contribution is -2.29. The third-order valence-electron chi connectivity index (χ3n) is 3.44. The number of benzene rings is 1.